The maximum absolute atomic E-state index is 12.4. The molecule has 4 heteroatoms. The number of hydrogen-bond acceptors (Lipinski definition) is 2. The second kappa shape index (κ2) is 8.80. The van der Waals surface area contributed by atoms with E-state index in [4.69, 9.17) is 11.5 Å². The number of alkyl halides is 2. The molecule has 0 aliphatic rings. The van der Waals surface area contributed by atoms with E-state index in [0.717, 1.165) is 25.7 Å². The highest BCUT2D eigenvalue weighted by atomic mass is 19.3. The summed E-state index contributed by atoms with van der Waals surface area (Å²) in [5.41, 5.74) is 11.3. The summed E-state index contributed by atoms with van der Waals surface area (Å²) in [6, 6.07) is -1.14. The van der Waals surface area contributed by atoms with Gasteiger partial charge in [0, 0.05) is 6.54 Å². The SMILES string of the molecule is CCCCCCC(=CCN)C(N)C(F)F. The molecule has 2 nitrogen and oxygen atoms in total. The summed E-state index contributed by atoms with van der Waals surface area (Å²) in [7, 11) is 0. The van der Waals surface area contributed by atoms with E-state index < -0.39 is 12.5 Å². The minimum absolute atomic E-state index is 0.281. The number of halogens is 2. The highest BCUT2D eigenvalue weighted by molar-refractivity contribution is 5.11. The minimum Gasteiger partial charge on any atom is -0.327 e. The topological polar surface area (TPSA) is 52.0 Å². The van der Waals surface area contributed by atoms with Crippen LogP contribution in [0.25, 0.3) is 0 Å². The molecule has 0 aliphatic carbocycles. The average molecular weight is 220 g/mol. The largest absolute Gasteiger partial charge is 0.327 e. The van der Waals surface area contributed by atoms with Crippen LogP contribution in [0.2, 0.25) is 0 Å². The van der Waals surface area contributed by atoms with Crippen LogP contribution in [0.4, 0.5) is 8.78 Å². The van der Waals surface area contributed by atoms with Gasteiger partial charge in [-0.15, -0.1) is 0 Å². The van der Waals surface area contributed by atoms with Gasteiger partial charge in [0.1, 0.15) is 0 Å². The first kappa shape index (κ1) is 14.5. The zero-order chi connectivity index (χ0) is 11.7. The van der Waals surface area contributed by atoms with Crippen molar-refractivity contribution in [3.8, 4) is 0 Å². The first-order valence-electron chi connectivity index (χ1n) is 5.56. The zero-order valence-corrected chi connectivity index (χ0v) is 9.39. The molecule has 0 bridgehead atoms. The molecule has 0 saturated heterocycles. The van der Waals surface area contributed by atoms with Gasteiger partial charge in [0.25, 0.3) is 6.43 Å². The lowest BCUT2D eigenvalue weighted by Crippen LogP contribution is -2.31. The van der Waals surface area contributed by atoms with Gasteiger partial charge in [-0.25, -0.2) is 8.78 Å². The van der Waals surface area contributed by atoms with Crippen molar-refractivity contribution in [1.29, 1.82) is 0 Å². The molecule has 0 saturated carbocycles. The fourth-order valence-corrected chi connectivity index (χ4v) is 1.47. The van der Waals surface area contributed by atoms with Gasteiger partial charge in [0.05, 0.1) is 6.04 Å². The fourth-order valence-electron chi connectivity index (χ4n) is 1.47. The first-order valence-corrected chi connectivity index (χ1v) is 5.56. The Kier molecular flexibility index (Phi) is 8.52. The van der Waals surface area contributed by atoms with Crippen LogP contribution in [0.3, 0.4) is 0 Å². The number of rotatable bonds is 8. The van der Waals surface area contributed by atoms with Crippen molar-refractivity contribution in [2.45, 2.75) is 51.5 Å². The average Bonchev–Trinajstić information content (AvgIpc) is 2.21. The quantitative estimate of drug-likeness (QED) is 0.487. The van der Waals surface area contributed by atoms with Crippen LogP contribution in [-0.4, -0.2) is 19.0 Å². The van der Waals surface area contributed by atoms with Crippen LogP contribution < -0.4 is 11.5 Å². The summed E-state index contributed by atoms with van der Waals surface area (Å²) in [6.07, 6.45) is 4.03. The molecular weight excluding hydrogens is 198 g/mol. The van der Waals surface area contributed by atoms with E-state index in [1.54, 1.807) is 6.08 Å². The standard InChI is InChI=1S/C11H22F2N2/c1-2-3-4-5-6-9(7-8-14)10(15)11(12)13/h7,10-11H,2-6,8,14-15H2,1H3. The van der Waals surface area contributed by atoms with Crippen molar-refractivity contribution in [1.82, 2.24) is 0 Å². The van der Waals surface area contributed by atoms with Gasteiger partial charge in [0.15, 0.2) is 0 Å². The van der Waals surface area contributed by atoms with Gasteiger partial charge in [-0.05, 0) is 12.8 Å². The normalized spacial score (nSPS) is 14.7. The number of unbranched alkanes of at least 4 members (excludes halogenated alkanes) is 3. The molecular formula is C11H22F2N2. The van der Waals surface area contributed by atoms with E-state index in [-0.39, 0.29) is 6.54 Å². The van der Waals surface area contributed by atoms with E-state index >= 15 is 0 Å². The highest BCUT2D eigenvalue weighted by Crippen LogP contribution is 2.16. The van der Waals surface area contributed by atoms with Gasteiger partial charge in [-0.2, -0.15) is 0 Å². The Morgan fingerprint density at radius 2 is 1.93 bits per heavy atom. The molecule has 0 rings (SSSR count). The second-order valence-corrected chi connectivity index (χ2v) is 3.69. The zero-order valence-electron chi connectivity index (χ0n) is 9.39. The van der Waals surface area contributed by atoms with Crippen molar-refractivity contribution in [2.24, 2.45) is 11.5 Å². The molecule has 15 heavy (non-hydrogen) atoms. The van der Waals surface area contributed by atoms with Crippen molar-refractivity contribution < 1.29 is 8.78 Å². The predicted octanol–water partition coefficient (Wildman–Crippen LogP) is 2.43. The molecule has 0 aromatic heterocycles. The Bertz CT molecular complexity index is 181. The monoisotopic (exact) mass is 220 g/mol. The van der Waals surface area contributed by atoms with Crippen LogP contribution >= 0.6 is 0 Å². The van der Waals surface area contributed by atoms with E-state index in [1.807, 2.05) is 0 Å². The lowest BCUT2D eigenvalue weighted by molar-refractivity contribution is 0.127. The summed E-state index contributed by atoms with van der Waals surface area (Å²) in [6.45, 7) is 2.39. The van der Waals surface area contributed by atoms with E-state index in [0.29, 0.717) is 12.0 Å². The molecule has 1 atom stereocenters. The maximum atomic E-state index is 12.4. The Morgan fingerprint density at radius 1 is 1.27 bits per heavy atom. The predicted molar refractivity (Wildman–Crippen MR) is 59.9 cm³/mol. The molecule has 0 aliphatic heterocycles. The Morgan fingerprint density at radius 3 is 2.40 bits per heavy atom. The lowest BCUT2D eigenvalue weighted by Gasteiger charge is -2.15. The molecule has 0 aromatic rings. The third kappa shape index (κ3) is 6.57. The van der Waals surface area contributed by atoms with Crippen molar-refractivity contribution in [2.75, 3.05) is 6.54 Å². The Labute approximate surface area is 90.7 Å². The van der Waals surface area contributed by atoms with Gasteiger partial charge < -0.3 is 11.5 Å². The van der Waals surface area contributed by atoms with Crippen molar-refractivity contribution in [3.05, 3.63) is 11.6 Å². The third-order valence-corrected chi connectivity index (χ3v) is 2.40. The van der Waals surface area contributed by atoms with E-state index in [1.165, 1.54) is 0 Å². The number of nitrogens with two attached hydrogens (primary N) is 2. The van der Waals surface area contributed by atoms with Gasteiger partial charge in [-0.1, -0.05) is 37.8 Å². The van der Waals surface area contributed by atoms with Crippen LogP contribution in [0, 0.1) is 0 Å². The fraction of sp³-hybridized carbons (Fsp3) is 0.818. The van der Waals surface area contributed by atoms with Gasteiger partial charge in [0.2, 0.25) is 0 Å². The number of hydrogen-bond donors (Lipinski definition) is 2. The van der Waals surface area contributed by atoms with Crippen molar-refractivity contribution in [3.63, 3.8) is 0 Å². The van der Waals surface area contributed by atoms with Crippen LogP contribution in [0.15, 0.2) is 11.6 Å². The smallest absolute Gasteiger partial charge is 0.257 e. The molecule has 0 spiro atoms. The molecule has 0 radical (unpaired) electrons. The summed E-state index contributed by atoms with van der Waals surface area (Å²) in [4.78, 5) is 0. The van der Waals surface area contributed by atoms with E-state index in [9.17, 15) is 8.78 Å². The van der Waals surface area contributed by atoms with Crippen LogP contribution in [0.1, 0.15) is 39.0 Å². The summed E-state index contributed by atoms with van der Waals surface area (Å²) >= 11 is 0. The van der Waals surface area contributed by atoms with Gasteiger partial charge in [-0.3, -0.25) is 0 Å². The highest BCUT2D eigenvalue weighted by Gasteiger charge is 2.18. The van der Waals surface area contributed by atoms with Crippen LogP contribution in [0.5, 0.6) is 0 Å². The summed E-state index contributed by atoms with van der Waals surface area (Å²) in [5, 5.41) is 0. The molecule has 0 aromatic carbocycles. The van der Waals surface area contributed by atoms with Gasteiger partial charge >= 0.3 is 0 Å². The molecule has 1 unspecified atom stereocenters. The van der Waals surface area contributed by atoms with Crippen molar-refractivity contribution >= 4 is 0 Å². The van der Waals surface area contributed by atoms with E-state index in [2.05, 4.69) is 6.92 Å². The molecule has 0 fully saturated rings. The third-order valence-electron chi connectivity index (χ3n) is 2.40. The minimum atomic E-state index is -2.49. The molecule has 0 heterocycles. The Hall–Kier alpha value is -0.480. The second-order valence-electron chi connectivity index (χ2n) is 3.69. The maximum Gasteiger partial charge on any atom is 0.257 e. The molecule has 4 N–H and O–H groups in total. The molecule has 0 amide bonds. The molecule has 90 valence electrons. The summed E-state index contributed by atoms with van der Waals surface area (Å²) < 4.78 is 24.7. The Balaban J connectivity index is 4.00. The summed E-state index contributed by atoms with van der Waals surface area (Å²) in [5.74, 6) is 0. The lowest BCUT2D eigenvalue weighted by atomic mass is 10.00. The van der Waals surface area contributed by atoms with Crippen LogP contribution in [-0.2, 0) is 0 Å². The first-order chi connectivity index (χ1) is 7.13.